The fourth-order valence-corrected chi connectivity index (χ4v) is 3.01. The van der Waals surface area contributed by atoms with Gasteiger partial charge in [0.1, 0.15) is 0 Å². The molecular weight excluding hydrogens is 288 g/mol. The van der Waals surface area contributed by atoms with E-state index in [2.05, 4.69) is 17.4 Å². The lowest BCUT2D eigenvalue weighted by atomic mass is 10.1. The Balaban J connectivity index is 1.59. The van der Waals surface area contributed by atoms with E-state index in [4.69, 9.17) is 5.11 Å². The van der Waals surface area contributed by atoms with Crippen molar-refractivity contribution in [1.29, 1.82) is 0 Å². The number of benzene rings is 2. The van der Waals surface area contributed by atoms with Gasteiger partial charge in [0.2, 0.25) is 0 Å². The molecule has 2 amide bonds. The highest BCUT2D eigenvalue weighted by Gasteiger charge is 2.25. The van der Waals surface area contributed by atoms with Crippen LogP contribution in [0, 0.1) is 5.92 Å². The van der Waals surface area contributed by atoms with Gasteiger partial charge < -0.3 is 15.3 Å². The summed E-state index contributed by atoms with van der Waals surface area (Å²) in [6.07, 6.45) is 1.75. The van der Waals surface area contributed by atoms with Crippen LogP contribution in [-0.2, 0) is 0 Å². The van der Waals surface area contributed by atoms with E-state index < -0.39 is 0 Å². The number of likely N-dealkylation sites (tertiary alicyclic amines) is 1. The van der Waals surface area contributed by atoms with Crippen molar-refractivity contribution in [3.63, 3.8) is 0 Å². The maximum Gasteiger partial charge on any atom is 0.321 e. The lowest BCUT2D eigenvalue weighted by Crippen LogP contribution is -2.33. The number of nitrogens with zero attached hydrogens (tertiary/aromatic N) is 1. The van der Waals surface area contributed by atoms with Crippen LogP contribution in [0.3, 0.4) is 0 Å². The summed E-state index contributed by atoms with van der Waals surface area (Å²) in [6.45, 7) is 1.69. The number of amides is 2. The van der Waals surface area contributed by atoms with Crippen molar-refractivity contribution in [2.45, 2.75) is 12.8 Å². The number of rotatable bonds is 4. The van der Waals surface area contributed by atoms with E-state index >= 15 is 0 Å². The van der Waals surface area contributed by atoms with Gasteiger partial charge in [0.25, 0.3) is 0 Å². The van der Waals surface area contributed by atoms with E-state index in [-0.39, 0.29) is 12.6 Å². The summed E-state index contributed by atoms with van der Waals surface area (Å²) in [7, 11) is 0. The highest BCUT2D eigenvalue weighted by Crippen LogP contribution is 2.23. The summed E-state index contributed by atoms with van der Waals surface area (Å²) in [5.41, 5.74) is 3.10. The average Bonchev–Trinajstić information content (AvgIpc) is 3.06. The molecule has 120 valence electrons. The van der Waals surface area contributed by atoms with Gasteiger partial charge in [0, 0.05) is 25.4 Å². The minimum absolute atomic E-state index is 0.0575. The van der Waals surface area contributed by atoms with Crippen LogP contribution in [0.2, 0.25) is 0 Å². The minimum Gasteiger partial charge on any atom is -0.396 e. The Kier molecular flexibility index (Phi) is 4.93. The maximum atomic E-state index is 12.3. The van der Waals surface area contributed by atoms with Gasteiger partial charge in [0.05, 0.1) is 0 Å². The molecule has 2 aromatic rings. The average molecular weight is 310 g/mol. The summed E-state index contributed by atoms with van der Waals surface area (Å²) in [6, 6.07) is 18.0. The van der Waals surface area contributed by atoms with Crippen LogP contribution < -0.4 is 5.32 Å². The number of anilines is 1. The Morgan fingerprint density at radius 2 is 1.78 bits per heavy atom. The molecule has 0 saturated carbocycles. The Morgan fingerprint density at radius 1 is 1.09 bits per heavy atom. The SMILES string of the molecule is O=C(Nc1ccc(-c2ccccc2)cc1)N1CCC(CCO)C1. The zero-order valence-electron chi connectivity index (χ0n) is 13.1. The Morgan fingerprint density at radius 3 is 2.48 bits per heavy atom. The summed E-state index contributed by atoms with van der Waals surface area (Å²) >= 11 is 0. The van der Waals surface area contributed by atoms with Gasteiger partial charge in [-0.2, -0.15) is 0 Å². The fourth-order valence-electron chi connectivity index (χ4n) is 3.01. The van der Waals surface area contributed by atoms with Crippen LogP contribution in [0.4, 0.5) is 10.5 Å². The number of urea groups is 1. The summed E-state index contributed by atoms with van der Waals surface area (Å²) in [5, 5.41) is 11.9. The first-order valence-electron chi connectivity index (χ1n) is 8.08. The molecule has 2 N–H and O–H groups in total. The standard InChI is InChI=1S/C19H22N2O2/c22-13-11-15-10-12-21(14-15)19(23)20-18-8-6-17(7-9-18)16-4-2-1-3-5-16/h1-9,15,22H,10-14H2,(H,20,23). The van der Waals surface area contributed by atoms with Gasteiger partial charge in [-0.15, -0.1) is 0 Å². The molecule has 0 bridgehead atoms. The van der Waals surface area contributed by atoms with Gasteiger partial charge in [-0.25, -0.2) is 4.79 Å². The predicted molar refractivity (Wildman–Crippen MR) is 92.3 cm³/mol. The lowest BCUT2D eigenvalue weighted by molar-refractivity contribution is 0.217. The maximum absolute atomic E-state index is 12.3. The zero-order valence-corrected chi connectivity index (χ0v) is 13.1. The van der Waals surface area contributed by atoms with E-state index in [0.29, 0.717) is 5.92 Å². The quantitative estimate of drug-likeness (QED) is 0.906. The molecule has 0 radical (unpaired) electrons. The van der Waals surface area contributed by atoms with Gasteiger partial charge in [-0.3, -0.25) is 0 Å². The van der Waals surface area contributed by atoms with Gasteiger partial charge >= 0.3 is 6.03 Å². The summed E-state index contributed by atoms with van der Waals surface area (Å²) in [5.74, 6) is 0.422. The molecule has 1 aliphatic rings. The first-order valence-corrected chi connectivity index (χ1v) is 8.08. The van der Waals surface area contributed by atoms with Crippen molar-refractivity contribution in [3.8, 4) is 11.1 Å². The molecule has 1 saturated heterocycles. The molecule has 0 aromatic heterocycles. The summed E-state index contributed by atoms with van der Waals surface area (Å²) in [4.78, 5) is 14.1. The first kappa shape index (κ1) is 15.6. The van der Waals surface area contributed by atoms with Crippen molar-refractivity contribution in [2.24, 2.45) is 5.92 Å². The number of hydrogen-bond donors (Lipinski definition) is 2. The van der Waals surface area contributed by atoms with Crippen LogP contribution in [-0.4, -0.2) is 35.7 Å². The van der Waals surface area contributed by atoms with E-state index in [1.54, 1.807) is 0 Å². The van der Waals surface area contributed by atoms with Crippen LogP contribution in [0.15, 0.2) is 54.6 Å². The number of nitrogens with one attached hydrogen (secondary N) is 1. The molecule has 3 rings (SSSR count). The monoisotopic (exact) mass is 310 g/mol. The number of aliphatic hydroxyl groups is 1. The second-order valence-corrected chi connectivity index (χ2v) is 5.99. The Bertz CT molecular complexity index is 640. The van der Waals surface area contributed by atoms with Crippen molar-refractivity contribution >= 4 is 11.7 Å². The number of carbonyl (C=O) groups excluding carboxylic acids is 1. The van der Waals surface area contributed by atoms with Crippen LogP contribution in [0.1, 0.15) is 12.8 Å². The molecule has 0 aliphatic carbocycles. The third-order valence-corrected chi connectivity index (χ3v) is 4.35. The first-order chi connectivity index (χ1) is 11.3. The van der Waals surface area contributed by atoms with Crippen LogP contribution >= 0.6 is 0 Å². The molecule has 1 atom stereocenters. The molecular formula is C19H22N2O2. The molecule has 1 heterocycles. The predicted octanol–water partition coefficient (Wildman–Crippen LogP) is 3.59. The molecule has 0 spiro atoms. The molecule has 2 aromatic carbocycles. The molecule has 1 fully saturated rings. The van der Waals surface area contributed by atoms with E-state index in [1.165, 1.54) is 0 Å². The lowest BCUT2D eigenvalue weighted by Gasteiger charge is -2.17. The van der Waals surface area contributed by atoms with Crippen LogP contribution in [0.5, 0.6) is 0 Å². The minimum atomic E-state index is -0.0575. The van der Waals surface area contributed by atoms with E-state index in [0.717, 1.165) is 42.7 Å². The van der Waals surface area contributed by atoms with Crippen molar-refractivity contribution in [1.82, 2.24) is 4.90 Å². The van der Waals surface area contributed by atoms with Crippen LogP contribution in [0.25, 0.3) is 11.1 Å². The van der Waals surface area contributed by atoms with Gasteiger partial charge in [-0.05, 0) is 42.0 Å². The second-order valence-electron chi connectivity index (χ2n) is 5.99. The number of hydrogen-bond acceptors (Lipinski definition) is 2. The molecule has 4 heteroatoms. The van der Waals surface area contributed by atoms with Crippen molar-refractivity contribution in [3.05, 3.63) is 54.6 Å². The third kappa shape index (κ3) is 3.90. The third-order valence-electron chi connectivity index (χ3n) is 4.35. The zero-order chi connectivity index (χ0) is 16.1. The summed E-state index contributed by atoms with van der Waals surface area (Å²) < 4.78 is 0. The van der Waals surface area contributed by atoms with Crippen molar-refractivity contribution < 1.29 is 9.90 Å². The second kappa shape index (κ2) is 7.29. The highest BCUT2D eigenvalue weighted by atomic mass is 16.3. The molecule has 4 nitrogen and oxygen atoms in total. The molecule has 23 heavy (non-hydrogen) atoms. The fraction of sp³-hybridized carbons (Fsp3) is 0.316. The number of aliphatic hydroxyl groups excluding tert-OH is 1. The molecule has 1 unspecified atom stereocenters. The van der Waals surface area contributed by atoms with Crippen molar-refractivity contribution in [2.75, 3.05) is 25.0 Å². The van der Waals surface area contributed by atoms with E-state index in [1.807, 2.05) is 47.4 Å². The highest BCUT2D eigenvalue weighted by molar-refractivity contribution is 5.89. The van der Waals surface area contributed by atoms with Gasteiger partial charge in [0.15, 0.2) is 0 Å². The molecule has 1 aliphatic heterocycles. The van der Waals surface area contributed by atoms with Gasteiger partial charge in [-0.1, -0.05) is 42.5 Å². The normalized spacial score (nSPS) is 17.3. The van der Waals surface area contributed by atoms with E-state index in [9.17, 15) is 4.79 Å². The Labute approximate surface area is 136 Å². The topological polar surface area (TPSA) is 52.6 Å². The smallest absolute Gasteiger partial charge is 0.321 e. The Hall–Kier alpha value is -2.33. The number of carbonyl (C=O) groups is 1. The largest absolute Gasteiger partial charge is 0.396 e.